The number of benzene rings is 2. The van der Waals surface area contributed by atoms with Gasteiger partial charge in [-0.05, 0) is 48.1 Å². The van der Waals surface area contributed by atoms with Crippen molar-refractivity contribution in [2.75, 3.05) is 7.11 Å². The maximum absolute atomic E-state index is 13.5. The van der Waals surface area contributed by atoms with E-state index in [9.17, 15) is 4.39 Å². The molecule has 4 heteroatoms. The number of hydrogen-bond donors (Lipinski definition) is 0. The molecule has 142 valence electrons. The molecule has 0 saturated heterocycles. The Morgan fingerprint density at radius 1 is 1.11 bits per heavy atom. The highest BCUT2D eigenvalue weighted by atomic mass is 19.1. The minimum Gasteiger partial charge on any atom is -0.496 e. The number of aromatic nitrogens is 2. The van der Waals surface area contributed by atoms with Crippen molar-refractivity contribution in [3.8, 4) is 5.75 Å². The molecule has 0 aliphatic carbocycles. The Kier molecular flexibility index (Phi) is 6.28. The summed E-state index contributed by atoms with van der Waals surface area (Å²) in [5, 5.41) is 0. The molecule has 1 heterocycles. The number of aryl methyl sites for hydroxylation is 2. The molecular weight excluding hydrogens is 339 g/mol. The summed E-state index contributed by atoms with van der Waals surface area (Å²) in [6, 6.07) is 14.9. The highest BCUT2D eigenvalue weighted by Crippen LogP contribution is 2.21. The zero-order chi connectivity index (χ0) is 19.2. The Morgan fingerprint density at radius 3 is 2.67 bits per heavy atom. The van der Waals surface area contributed by atoms with Crippen LogP contribution in [0.1, 0.15) is 36.4 Å². The fourth-order valence-electron chi connectivity index (χ4n) is 3.40. The molecule has 1 aromatic heterocycles. The van der Waals surface area contributed by atoms with Crippen molar-refractivity contribution in [2.24, 2.45) is 5.92 Å². The van der Waals surface area contributed by atoms with Crippen LogP contribution in [0, 0.1) is 11.7 Å². The lowest BCUT2D eigenvalue weighted by atomic mass is 10.0. The van der Waals surface area contributed by atoms with Crippen LogP contribution in [0.15, 0.2) is 54.9 Å². The first-order valence-corrected chi connectivity index (χ1v) is 9.46. The first-order valence-electron chi connectivity index (χ1n) is 9.46. The number of methoxy groups -OCH3 is 1. The van der Waals surface area contributed by atoms with E-state index in [1.165, 1.54) is 17.3 Å². The van der Waals surface area contributed by atoms with Gasteiger partial charge in [0.2, 0.25) is 0 Å². The molecule has 0 radical (unpaired) electrons. The lowest BCUT2D eigenvalue weighted by Gasteiger charge is -2.14. The Bertz CT molecular complexity index is 886. The van der Waals surface area contributed by atoms with E-state index in [2.05, 4.69) is 29.5 Å². The van der Waals surface area contributed by atoms with Crippen molar-refractivity contribution < 1.29 is 9.13 Å². The fourth-order valence-corrected chi connectivity index (χ4v) is 3.40. The van der Waals surface area contributed by atoms with Crippen LogP contribution in [-0.2, 0) is 25.8 Å². The number of ether oxygens (including phenoxy) is 1. The molecule has 3 aromatic rings. The van der Waals surface area contributed by atoms with Crippen LogP contribution in [-0.4, -0.2) is 16.7 Å². The third-order valence-electron chi connectivity index (χ3n) is 4.71. The van der Waals surface area contributed by atoms with Crippen LogP contribution >= 0.6 is 0 Å². The van der Waals surface area contributed by atoms with E-state index in [-0.39, 0.29) is 5.82 Å². The molecule has 0 amide bonds. The Hall–Kier alpha value is -2.62. The van der Waals surface area contributed by atoms with Crippen molar-refractivity contribution in [1.29, 1.82) is 0 Å². The molecule has 0 saturated carbocycles. The average molecular weight is 366 g/mol. The number of hydrogen-bond acceptors (Lipinski definition) is 2. The maximum atomic E-state index is 13.5. The van der Waals surface area contributed by atoms with Gasteiger partial charge in [0.05, 0.1) is 19.1 Å². The quantitative estimate of drug-likeness (QED) is 0.557. The van der Waals surface area contributed by atoms with Crippen LogP contribution in [0.4, 0.5) is 4.39 Å². The largest absolute Gasteiger partial charge is 0.496 e. The summed E-state index contributed by atoms with van der Waals surface area (Å²) in [5.74, 6) is 1.24. The van der Waals surface area contributed by atoms with Gasteiger partial charge in [-0.25, -0.2) is 9.37 Å². The minimum absolute atomic E-state index is 0.200. The first-order chi connectivity index (χ1) is 13.1. The molecule has 0 bridgehead atoms. The molecule has 0 aliphatic heterocycles. The number of imidazole rings is 1. The molecular formula is C23H27FN2O. The molecule has 0 N–H and O–H groups in total. The van der Waals surface area contributed by atoms with Gasteiger partial charge in [-0.2, -0.15) is 0 Å². The molecule has 0 aliphatic rings. The fraction of sp³-hybridized carbons (Fsp3) is 0.348. The summed E-state index contributed by atoms with van der Waals surface area (Å²) in [6.07, 6.45) is 4.41. The highest BCUT2D eigenvalue weighted by molar-refractivity contribution is 5.33. The SMILES string of the molecule is COc1ccccc1CCn1cnc(Cc2cccc(F)c2)c1CC(C)C. The zero-order valence-electron chi connectivity index (χ0n) is 16.3. The second-order valence-electron chi connectivity index (χ2n) is 7.30. The summed E-state index contributed by atoms with van der Waals surface area (Å²) < 4.78 is 21.2. The molecule has 3 rings (SSSR count). The van der Waals surface area contributed by atoms with Crippen molar-refractivity contribution in [1.82, 2.24) is 9.55 Å². The van der Waals surface area contributed by atoms with E-state index in [4.69, 9.17) is 4.74 Å². The summed E-state index contributed by atoms with van der Waals surface area (Å²) >= 11 is 0. The zero-order valence-corrected chi connectivity index (χ0v) is 16.3. The normalized spacial score (nSPS) is 11.1. The first kappa shape index (κ1) is 19.2. The molecule has 0 unspecified atom stereocenters. The highest BCUT2D eigenvalue weighted by Gasteiger charge is 2.14. The van der Waals surface area contributed by atoms with Crippen molar-refractivity contribution in [3.63, 3.8) is 0 Å². The Labute approximate surface area is 160 Å². The van der Waals surface area contributed by atoms with E-state index in [1.807, 2.05) is 30.6 Å². The topological polar surface area (TPSA) is 27.1 Å². The van der Waals surface area contributed by atoms with Gasteiger partial charge in [-0.15, -0.1) is 0 Å². The van der Waals surface area contributed by atoms with Gasteiger partial charge in [0.15, 0.2) is 0 Å². The standard InChI is InChI=1S/C23H27FN2O/c1-17(2)13-22-21(15-18-7-6-9-20(24)14-18)25-16-26(22)12-11-19-8-4-5-10-23(19)27-3/h4-10,14,16-17H,11-13,15H2,1-3H3. The van der Waals surface area contributed by atoms with E-state index in [1.54, 1.807) is 19.2 Å². The van der Waals surface area contributed by atoms with E-state index < -0.39 is 0 Å². The molecule has 0 spiro atoms. The van der Waals surface area contributed by atoms with Crippen LogP contribution in [0.2, 0.25) is 0 Å². The van der Waals surface area contributed by atoms with Crippen LogP contribution in [0.5, 0.6) is 5.75 Å². The maximum Gasteiger partial charge on any atom is 0.123 e. The molecule has 3 nitrogen and oxygen atoms in total. The van der Waals surface area contributed by atoms with Gasteiger partial charge >= 0.3 is 0 Å². The Balaban J connectivity index is 1.81. The third-order valence-corrected chi connectivity index (χ3v) is 4.71. The van der Waals surface area contributed by atoms with Crippen LogP contribution in [0.25, 0.3) is 0 Å². The summed E-state index contributed by atoms with van der Waals surface area (Å²) in [7, 11) is 1.71. The summed E-state index contributed by atoms with van der Waals surface area (Å²) in [4.78, 5) is 4.66. The summed E-state index contributed by atoms with van der Waals surface area (Å²) in [6.45, 7) is 5.27. The van der Waals surface area contributed by atoms with E-state index in [0.29, 0.717) is 12.3 Å². The lowest BCUT2D eigenvalue weighted by molar-refractivity contribution is 0.408. The molecule has 0 fully saturated rings. The monoisotopic (exact) mass is 366 g/mol. The number of halogens is 1. The second kappa shape index (κ2) is 8.85. The average Bonchev–Trinajstić information content (AvgIpc) is 3.01. The van der Waals surface area contributed by atoms with Gasteiger partial charge < -0.3 is 9.30 Å². The van der Waals surface area contributed by atoms with Gasteiger partial charge in [0.1, 0.15) is 11.6 Å². The van der Waals surface area contributed by atoms with Crippen LogP contribution < -0.4 is 4.74 Å². The van der Waals surface area contributed by atoms with Crippen molar-refractivity contribution >= 4 is 0 Å². The number of rotatable bonds is 8. The second-order valence-corrected chi connectivity index (χ2v) is 7.30. The summed E-state index contributed by atoms with van der Waals surface area (Å²) in [5.41, 5.74) is 4.42. The van der Waals surface area contributed by atoms with Gasteiger partial charge in [0, 0.05) is 18.7 Å². The predicted molar refractivity (Wildman–Crippen MR) is 107 cm³/mol. The van der Waals surface area contributed by atoms with Gasteiger partial charge in [-0.3, -0.25) is 0 Å². The minimum atomic E-state index is -0.200. The van der Waals surface area contributed by atoms with E-state index in [0.717, 1.165) is 36.4 Å². The van der Waals surface area contributed by atoms with Gasteiger partial charge in [0.25, 0.3) is 0 Å². The molecule has 2 aromatic carbocycles. The third kappa shape index (κ3) is 4.97. The van der Waals surface area contributed by atoms with Crippen molar-refractivity contribution in [2.45, 2.75) is 39.7 Å². The van der Waals surface area contributed by atoms with E-state index >= 15 is 0 Å². The number of nitrogens with zero attached hydrogens (tertiary/aromatic N) is 2. The Morgan fingerprint density at radius 2 is 1.93 bits per heavy atom. The lowest BCUT2D eigenvalue weighted by Crippen LogP contribution is -2.09. The smallest absolute Gasteiger partial charge is 0.123 e. The van der Waals surface area contributed by atoms with Gasteiger partial charge in [-0.1, -0.05) is 44.2 Å². The van der Waals surface area contributed by atoms with Crippen LogP contribution in [0.3, 0.4) is 0 Å². The molecule has 27 heavy (non-hydrogen) atoms. The van der Waals surface area contributed by atoms with Crippen molar-refractivity contribution in [3.05, 3.63) is 83.2 Å². The molecule has 0 atom stereocenters. The number of para-hydroxylation sites is 1. The predicted octanol–water partition coefficient (Wildman–Crippen LogP) is 5.06.